The molecule has 2 heterocycles. The Hall–Kier alpha value is -1.98. The zero-order valence-electron chi connectivity index (χ0n) is 13.6. The predicted octanol–water partition coefficient (Wildman–Crippen LogP) is 1.74. The van der Waals surface area contributed by atoms with Crippen LogP contribution >= 0.6 is 0 Å². The smallest absolute Gasteiger partial charge is 0.317 e. The molecule has 1 aliphatic carbocycles. The average molecular weight is 318 g/mol. The second-order valence-corrected chi connectivity index (χ2v) is 6.55. The number of hydrogen-bond acceptors (Lipinski definition) is 2. The minimum Gasteiger partial charge on any atom is -0.367 e. The van der Waals surface area contributed by atoms with Crippen molar-refractivity contribution in [3.8, 4) is 0 Å². The van der Waals surface area contributed by atoms with Gasteiger partial charge in [-0.1, -0.05) is 12.8 Å². The van der Waals surface area contributed by atoms with Crippen LogP contribution in [0, 0.1) is 0 Å². The van der Waals surface area contributed by atoms with E-state index in [1.54, 1.807) is 0 Å². The van der Waals surface area contributed by atoms with E-state index in [0.29, 0.717) is 25.6 Å². The molecule has 0 atom stereocenters. The van der Waals surface area contributed by atoms with Gasteiger partial charge in [0.2, 0.25) is 5.91 Å². The number of nitrogens with zero attached hydrogens (tertiary/aromatic N) is 2. The maximum Gasteiger partial charge on any atom is 0.317 e. The van der Waals surface area contributed by atoms with Crippen LogP contribution in [0.2, 0.25) is 0 Å². The fourth-order valence-corrected chi connectivity index (χ4v) is 3.46. The second-order valence-electron chi connectivity index (χ2n) is 6.55. The lowest BCUT2D eigenvalue weighted by atomic mass is 10.2. The van der Waals surface area contributed by atoms with Crippen LogP contribution in [-0.4, -0.2) is 58.9 Å². The number of aromatic amines is 1. The molecular weight excluding hydrogens is 292 g/mol. The van der Waals surface area contributed by atoms with E-state index in [0.717, 1.165) is 37.9 Å². The van der Waals surface area contributed by atoms with Gasteiger partial charge in [-0.05, 0) is 30.9 Å². The molecule has 1 aromatic heterocycles. The van der Waals surface area contributed by atoms with E-state index in [4.69, 9.17) is 0 Å². The molecule has 1 aliphatic heterocycles. The summed E-state index contributed by atoms with van der Waals surface area (Å²) < 4.78 is 0. The molecule has 6 nitrogen and oxygen atoms in total. The Morgan fingerprint density at radius 3 is 2.57 bits per heavy atom. The molecule has 2 fully saturated rings. The van der Waals surface area contributed by atoms with Crippen LogP contribution in [0.4, 0.5) is 4.79 Å². The molecule has 6 heteroatoms. The summed E-state index contributed by atoms with van der Waals surface area (Å²) in [6.45, 7) is 2.71. The van der Waals surface area contributed by atoms with E-state index in [2.05, 4.69) is 10.3 Å². The molecule has 0 unspecified atom stereocenters. The van der Waals surface area contributed by atoms with Crippen LogP contribution in [0.25, 0.3) is 0 Å². The molecule has 1 aromatic rings. The summed E-state index contributed by atoms with van der Waals surface area (Å²) in [4.78, 5) is 31.4. The van der Waals surface area contributed by atoms with E-state index >= 15 is 0 Å². The Balaban J connectivity index is 1.48. The van der Waals surface area contributed by atoms with Gasteiger partial charge in [-0.3, -0.25) is 4.79 Å². The van der Waals surface area contributed by atoms with Crippen molar-refractivity contribution in [2.24, 2.45) is 0 Å². The van der Waals surface area contributed by atoms with Crippen LogP contribution in [0.3, 0.4) is 0 Å². The van der Waals surface area contributed by atoms with E-state index < -0.39 is 0 Å². The lowest BCUT2D eigenvalue weighted by Gasteiger charge is -2.24. The molecule has 1 saturated heterocycles. The highest BCUT2D eigenvalue weighted by atomic mass is 16.2. The third-order valence-electron chi connectivity index (χ3n) is 4.84. The van der Waals surface area contributed by atoms with Crippen molar-refractivity contribution in [2.45, 2.75) is 44.6 Å². The first-order valence-corrected chi connectivity index (χ1v) is 8.67. The van der Waals surface area contributed by atoms with E-state index in [1.165, 1.54) is 12.8 Å². The maximum absolute atomic E-state index is 12.4. The summed E-state index contributed by atoms with van der Waals surface area (Å²) in [5.41, 5.74) is 1.01. The SMILES string of the molecule is O=C(Cc1cc[nH]c1)N1CCCN(C(=O)NC2CCCC2)CC1. The topological polar surface area (TPSA) is 68.4 Å². The number of aromatic nitrogens is 1. The lowest BCUT2D eigenvalue weighted by Crippen LogP contribution is -2.45. The first kappa shape index (κ1) is 15.9. The third kappa shape index (κ3) is 4.27. The molecule has 0 spiro atoms. The quantitative estimate of drug-likeness (QED) is 0.891. The van der Waals surface area contributed by atoms with Crippen molar-refractivity contribution in [1.82, 2.24) is 20.1 Å². The molecule has 23 heavy (non-hydrogen) atoms. The molecule has 3 rings (SSSR count). The number of amides is 3. The van der Waals surface area contributed by atoms with Gasteiger partial charge in [-0.2, -0.15) is 0 Å². The molecule has 1 saturated carbocycles. The van der Waals surface area contributed by atoms with Crippen molar-refractivity contribution in [2.75, 3.05) is 26.2 Å². The molecule has 2 N–H and O–H groups in total. The summed E-state index contributed by atoms with van der Waals surface area (Å²) in [5.74, 6) is 0.141. The fraction of sp³-hybridized carbons (Fsp3) is 0.647. The average Bonchev–Trinajstić information content (AvgIpc) is 3.17. The van der Waals surface area contributed by atoms with Crippen LogP contribution in [0.1, 0.15) is 37.7 Å². The Kier molecular flexibility index (Phi) is 5.20. The van der Waals surface area contributed by atoms with Crippen molar-refractivity contribution >= 4 is 11.9 Å². The third-order valence-corrected chi connectivity index (χ3v) is 4.84. The van der Waals surface area contributed by atoms with Crippen LogP contribution in [0.15, 0.2) is 18.5 Å². The summed E-state index contributed by atoms with van der Waals surface area (Å²) in [7, 11) is 0. The highest BCUT2D eigenvalue weighted by Gasteiger charge is 2.24. The van der Waals surface area contributed by atoms with E-state index in [1.807, 2.05) is 28.3 Å². The van der Waals surface area contributed by atoms with Crippen LogP contribution < -0.4 is 5.32 Å². The predicted molar refractivity (Wildman–Crippen MR) is 88.1 cm³/mol. The number of hydrogen-bond donors (Lipinski definition) is 2. The summed E-state index contributed by atoms with van der Waals surface area (Å²) in [5, 5.41) is 3.14. The Morgan fingerprint density at radius 1 is 1.09 bits per heavy atom. The first-order valence-electron chi connectivity index (χ1n) is 8.67. The van der Waals surface area contributed by atoms with Crippen molar-refractivity contribution in [3.05, 3.63) is 24.0 Å². The van der Waals surface area contributed by atoms with Gasteiger partial charge in [-0.25, -0.2) is 4.79 Å². The monoisotopic (exact) mass is 318 g/mol. The highest BCUT2D eigenvalue weighted by Crippen LogP contribution is 2.18. The number of rotatable bonds is 3. The minimum atomic E-state index is 0.0387. The number of urea groups is 1. The van der Waals surface area contributed by atoms with Gasteiger partial charge >= 0.3 is 6.03 Å². The van der Waals surface area contributed by atoms with Gasteiger partial charge in [0.25, 0.3) is 0 Å². The Bertz CT molecular complexity index is 523. The standard InChI is InChI=1S/C17H26N4O2/c22-16(12-14-6-7-18-13-14)20-8-3-9-21(11-10-20)17(23)19-15-4-1-2-5-15/h6-7,13,15,18H,1-5,8-12H2,(H,19,23). The van der Waals surface area contributed by atoms with Crippen LogP contribution in [0.5, 0.6) is 0 Å². The van der Waals surface area contributed by atoms with E-state index in [9.17, 15) is 9.59 Å². The second kappa shape index (κ2) is 7.53. The molecule has 0 radical (unpaired) electrons. The lowest BCUT2D eigenvalue weighted by molar-refractivity contribution is -0.130. The van der Waals surface area contributed by atoms with Gasteiger partial charge in [-0.15, -0.1) is 0 Å². The highest BCUT2D eigenvalue weighted by molar-refractivity contribution is 5.79. The maximum atomic E-state index is 12.4. The van der Waals surface area contributed by atoms with Crippen LogP contribution in [-0.2, 0) is 11.2 Å². The normalized spacial score (nSPS) is 19.7. The van der Waals surface area contributed by atoms with Gasteiger partial charge < -0.3 is 20.1 Å². The summed E-state index contributed by atoms with van der Waals surface area (Å²) >= 11 is 0. The Labute approximate surface area is 137 Å². The molecule has 0 bridgehead atoms. The van der Waals surface area contributed by atoms with Gasteiger partial charge in [0.05, 0.1) is 6.42 Å². The molecule has 2 aliphatic rings. The van der Waals surface area contributed by atoms with E-state index in [-0.39, 0.29) is 11.9 Å². The summed E-state index contributed by atoms with van der Waals surface area (Å²) in [6, 6.07) is 2.31. The zero-order chi connectivity index (χ0) is 16.1. The first-order chi connectivity index (χ1) is 11.2. The molecular formula is C17H26N4O2. The zero-order valence-corrected chi connectivity index (χ0v) is 13.6. The minimum absolute atomic E-state index is 0.0387. The molecule has 0 aromatic carbocycles. The number of nitrogens with one attached hydrogen (secondary N) is 2. The fourth-order valence-electron chi connectivity index (χ4n) is 3.46. The largest absolute Gasteiger partial charge is 0.367 e. The summed E-state index contributed by atoms with van der Waals surface area (Å²) in [6.07, 6.45) is 9.59. The van der Waals surface area contributed by atoms with Crippen molar-refractivity contribution in [1.29, 1.82) is 0 Å². The number of carbonyl (C=O) groups excluding carboxylic acids is 2. The van der Waals surface area contributed by atoms with Gasteiger partial charge in [0.15, 0.2) is 0 Å². The molecule has 3 amide bonds. The van der Waals surface area contributed by atoms with Gasteiger partial charge in [0.1, 0.15) is 0 Å². The van der Waals surface area contributed by atoms with Crippen molar-refractivity contribution in [3.63, 3.8) is 0 Å². The number of H-pyrrole nitrogens is 1. The van der Waals surface area contributed by atoms with Gasteiger partial charge in [0, 0.05) is 44.6 Å². The Morgan fingerprint density at radius 2 is 1.83 bits per heavy atom. The number of carbonyl (C=O) groups is 2. The van der Waals surface area contributed by atoms with Crippen molar-refractivity contribution < 1.29 is 9.59 Å². The molecule has 126 valence electrons.